The van der Waals surface area contributed by atoms with Gasteiger partial charge in [-0.2, -0.15) is 0 Å². The molecule has 1 saturated heterocycles. The molecule has 2 rings (SSSR count). The van der Waals surface area contributed by atoms with E-state index in [4.69, 9.17) is 16.7 Å². The van der Waals surface area contributed by atoms with E-state index < -0.39 is 5.82 Å². The Bertz CT molecular complexity index is 553. The number of piperidine rings is 1. The molecule has 0 spiro atoms. The fraction of sp³-hybridized carbons (Fsp3) is 0.588. The zero-order chi connectivity index (χ0) is 17.0. The van der Waals surface area contributed by atoms with Crippen LogP contribution in [0, 0.1) is 11.7 Å². The van der Waals surface area contributed by atoms with Gasteiger partial charge >= 0.3 is 0 Å². The Labute approximate surface area is 141 Å². The standard InChI is InChI=1S/C17H24ClFN2O2/c1-20(2)16-7-8-21(11-12(16)4-3-9-22)17(23)14-6-5-13(18)10-15(14)19/h5-6,10,12,16,22H,3-4,7-9,11H2,1-2H3/t12-,16+/m0/s1. The summed E-state index contributed by atoms with van der Waals surface area (Å²) in [6.07, 6.45) is 2.42. The summed E-state index contributed by atoms with van der Waals surface area (Å²) in [5.41, 5.74) is 0.0682. The lowest BCUT2D eigenvalue weighted by atomic mass is 9.87. The summed E-state index contributed by atoms with van der Waals surface area (Å²) in [6, 6.07) is 4.53. The van der Waals surface area contributed by atoms with Crippen molar-refractivity contribution in [2.75, 3.05) is 33.8 Å². The molecule has 1 fully saturated rings. The molecular weight excluding hydrogens is 319 g/mol. The molecule has 1 aliphatic heterocycles. The average Bonchev–Trinajstić information content (AvgIpc) is 2.51. The molecule has 1 aromatic rings. The summed E-state index contributed by atoms with van der Waals surface area (Å²) >= 11 is 5.75. The number of rotatable bonds is 5. The zero-order valence-electron chi connectivity index (χ0n) is 13.6. The van der Waals surface area contributed by atoms with E-state index in [0.717, 1.165) is 12.8 Å². The van der Waals surface area contributed by atoms with E-state index in [1.54, 1.807) is 4.90 Å². The Morgan fingerprint density at radius 1 is 1.48 bits per heavy atom. The van der Waals surface area contributed by atoms with Gasteiger partial charge in [-0.1, -0.05) is 11.6 Å². The van der Waals surface area contributed by atoms with Crippen LogP contribution in [0.4, 0.5) is 4.39 Å². The Balaban J connectivity index is 2.12. The van der Waals surface area contributed by atoms with Crippen molar-refractivity contribution in [2.24, 2.45) is 5.92 Å². The number of nitrogens with zero attached hydrogens (tertiary/aromatic N) is 2. The molecule has 1 aromatic carbocycles. The molecule has 0 bridgehead atoms. The number of likely N-dealkylation sites (tertiary alicyclic amines) is 1. The van der Waals surface area contributed by atoms with Gasteiger partial charge < -0.3 is 14.9 Å². The van der Waals surface area contributed by atoms with Crippen LogP contribution in [0.3, 0.4) is 0 Å². The van der Waals surface area contributed by atoms with Crippen LogP contribution in [0.15, 0.2) is 18.2 Å². The van der Waals surface area contributed by atoms with Gasteiger partial charge in [0.2, 0.25) is 0 Å². The Hall–Kier alpha value is -1.17. The van der Waals surface area contributed by atoms with Crippen molar-refractivity contribution >= 4 is 17.5 Å². The van der Waals surface area contributed by atoms with Crippen LogP contribution in [0.2, 0.25) is 5.02 Å². The number of hydrogen-bond acceptors (Lipinski definition) is 3. The van der Waals surface area contributed by atoms with Gasteiger partial charge in [-0.3, -0.25) is 4.79 Å². The molecule has 1 N–H and O–H groups in total. The largest absolute Gasteiger partial charge is 0.396 e. The topological polar surface area (TPSA) is 43.8 Å². The molecular formula is C17H24ClFN2O2. The summed E-state index contributed by atoms with van der Waals surface area (Å²) in [5, 5.41) is 9.36. The van der Waals surface area contributed by atoms with E-state index in [9.17, 15) is 9.18 Å². The van der Waals surface area contributed by atoms with Gasteiger partial charge in [-0.05, 0) is 57.5 Å². The first kappa shape index (κ1) is 18.2. The van der Waals surface area contributed by atoms with Crippen molar-refractivity contribution in [3.63, 3.8) is 0 Å². The van der Waals surface area contributed by atoms with Gasteiger partial charge in [0.1, 0.15) is 5.82 Å². The maximum Gasteiger partial charge on any atom is 0.256 e. The molecule has 23 heavy (non-hydrogen) atoms. The number of amides is 1. The Kier molecular flexibility index (Phi) is 6.39. The second kappa shape index (κ2) is 8.08. The van der Waals surface area contributed by atoms with E-state index in [1.165, 1.54) is 18.2 Å². The summed E-state index contributed by atoms with van der Waals surface area (Å²) in [7, 11) is 4.07. The normalized spacial score (nSPS) is 21.7. The summed E-state index contributed by atoms with van der Waals surface area (Å²) in [5.74, 6) is -0.584. The molecule has 0 unspecified atom stereocenters. The van der Waals surface area contributed by atoms with Crippen molar-refractivity contribution < 1.29 is 14.3 Å². The van der Waals surface area contributed by atoms with Crippen LogP contribution in [0.1, 0.15) is 29.6 Å². The van der Waals surface area contributed by atoms with E-state index in [2.05, 4.69) is 4.90 Å². The molecule has 1 aliphatic rings. The van der Waals surface area contributed by atoms with Gasteiger partial charge in [-0.25, -0.2) is 4.39 Å². The predicted molar refractivity (Wildman–Crippen MR) is 89.2 cm³/mol. The molecule has 0 aliphatic carbocycles. The lowest BCUT2D eigenvalue weighted by Gasteiger charge is -2.41. The number of hydrogen-bond donors (Lipinski definition) is 1. The Morgan fingerprint density at radius 2 is 2.22 bits per heavy atom. The van der Waals surface area contributed by atoms with E-state index in [0.29, 0.717) is 25.6 Å². The molecule has 0 saturated carbocycles. The maximum absolute atomic E-state index is 14.0. The average molecular weight is 343 g/mol. The van der Waals surface area contributed by atoms with E-state index in [1.807, 2.05) is 14.1 Å². The van der Waals surface area contributed by atoms with Gasteiger partial charge in [0.15, 0.2) is 0 Å². The van der Waals surface area contributed by atoms with Crippen LogP contribution in [-0.4, -0.2) is 60.6 Å². The van der Waals surface area contributed by atoms with Crippen molar-refractivity contribution in [3.8, 4) is 0 Å². The SMILES string of the molecule is CN(C)[C@@H]1CCN(C(=O)c2ccc(Cl)cc2F)C[C@@H]1CCCO. The second-order valence-electron chi connectivity index (χ2n) is 6.32. The summed E-state index contributed by atoms with van der Waals surface area (Å²) in [4.78, 5) is 16.5. The summed E-state index contributed by atoms with van der Waals surface area (Å²) in [6.45, 7) is 1.35. The molecule has 6 heteroatoms. The molecule has 1 amide bonds. The van der Waals surface area contributed by atoms with Gasteiger partial charge in [0.25, 0.3) is 5.91 Å². The third-order valence-corrected chi connectivity index (χ3v) is 4.77. The molecule has 4 nitrogen and oxygen atoms in total. The van der Waals surface area contributed by atoms with E-state index >= 15 is 0 Å². The van der Waals surface area contributed by atoms with Crippen molar-refractivity contribution in [1.82, 2.24) is 9.80 Å². The monoisotopic (exact) mass is 342 g/mol. The highest BCUT2D eigenvalue weighted by atomic mass is 35.5. The van der Waals surface area contributed by atoms with Crippen LogP contribution in [0.5, 0.6) is 0 Å². The Morgan fingerprint density at radius 3 is 2.83 bits per heavy atom. The number of benzene rings is 1. The smallest absolute Gasteiger partial charge is 0.256 e. The molecule has 128 valence electrons. The first-order valence-electron chi connectivity index (χ1n) is 7.95. The molecule has 0 radical (unpaired) electrons. The van der Waals surface area contributed by atoms with Crippen molar-refractivity contribution in [2.45, 2.75) is 25.3 Å². The minimum absolute atomic E-state index is 0.0682. The highest BCUT2D eigenvalue weighted by Crippen LogP contribution is 2.26. The number of aliphatic hydroxyl groups is 1. The number of halogens is 2. The first-order valence-corrected chi connectivity index (χ1v) is 8.33. The highest BCUT2D eigenvalue weighted by Gasteiger charge is 2.33. The number of carbonyl (C=O) groups excluding carboxylic acids is 1. The quantitative estimate of drug-likeness (QED) is 0.894. The highest BCUT2D eigenvalue weighted by molar-refractivity contribution is 6.30. The summed E-state index contributed by atoms with van der Waals surface area (Å²) < 4.78 is 14.0. The molecule has 2 atom stereocenters. The van der Waals surface area contributed by atoms with Gasteiger partial charge in [0.05, 0.1) is 5.56 Å². The van der Waals surface area contributed by atoms with Crippen LogP contribution < -0.4 is 0 Å². The minimum atomic E-state index is -0.579. The van der Waals surface area contributed by atoms with Crippen LogP contribution in [-0.2, 0) is 0 Å². The van der Waals surface area contributed by atoms with Gasteiger partial charge in [-0.15, -0.1) is 0 Å². The maximum atomic E-state index is 14.0. The van der Waals surface area contributed by atoms with Crippen LogP contribution >= 0.6 is 11.6 Å². The third-order valence-electron chi connectivity index (χ3n) is 4.54. The first-order chi connectivity index (χ1) is 10.9. The molecule has 1 heterocycles. The van der Waals surface area contributed by atoms with Crippen molar-refractivity contribution in [3.05, 3.63) is 34.6 Å². The van der Waals surface area contributed by atoms with Gasteiger partial charge in [0, 0.05) is 30.8 Å². The van der Waals surface area contributed by atoms with E-state index in [-0.39, 0.29) is 29.0 Å². The fourth-order valence-corrected chi connectivity index (χ4v) is 3.51. The predicted octanol–water partition coefficient (Wildman–Crippen LogP) is 2.64. The number of aliphatic hydroxyl groups excluding tert-OH is 1. The lowest BCUT2D eigenvalue weighted by Crippen LogP contribution is -2.50. The lowest BCUT2D eigenvalue weighted by molar-refractivity contribution is 0.0492. The molecule has 0 aromatic heterocycles. The zero-order valence-corrected chi connectivity index (χ0v) is 14.4. The minimum Gasteiger partial charge on any atom is -0.396 e. The van der Waals surface area contributed by atoms with Crippen molar-refractivity contribution in [1.29, 1.82) is 0 Å². The fourth-order valence-electron chi connectivity index (χ4n) is 3.35. The van der Waals surface area contributed by atoms with Crippen LogP contribution in [0.25, 0.3) is 0 Å². The second-order valence-corrected chi connectivity index (χ2v) is 6.76. The number of carbonyl (C=O) groups is 1. The third kappa shape index (κ3) is 4.43.